The van der Waals surface area contributed by atoms with Gasteiger partial charge in [-0.05, 0) is 31.2 Å². The second-order valence-electron chi connectivity index (χ2n) is 7.93. The summed E-state index contributed by atoms with van der Waals surface area (Å²) in [6, 6.07) is 10.6. The number of hydrogen-bond donors (Lipinski definition) is 1. The molecule has 33 heavy (non-hydrogen) atoms. The van der Waals surface area contributed by atoms with Crippen LogP contribution < -0.4 is 4.72 Å². The highest BCUT2D eigenvalue weighted by molar-refractivity contribution is 7.92. The number of aromatic nitrogens is 1. The van der Waals surface area contributed by atoms with E-state index in [0.717, 1.165) is 47.2 Å². The van der Waals surface area contributed by atoms with Crippen molar-refractivity contribution in [1.82, 2.24) is 9.71 Å². The van der Waals surface area contributed by atoms with Crippen LogP contribution >= 0.6 is 23.6 Å². The number of thiazole rings is 1. The van der Waals surface area contributed by atoms with Crippen LogP contribution in [0, 0.1) is 5.92 Å². The van der Waals surface area contributed by atoms with Crippen LogP contribution in [0.4, 0.5) is 0 Å². The predicted molar refractivity (Wildman–Crippen MR) is 147 cm³/mol. The summed E-state index contributed by atoms with van der Waals surface area (Å²) < 4.78 is 8.11. The Hall–Kier alpha value is -2.18. The van der Waals surface area contributed by atoms with Crippen LogP contribution in [-0.2, 0) is 4.18 Å². The zero-order chi connectivity index (χ0) is 23.3. The zero-order valence-electron chi connectivity index (χ0n) is 19.6. The Bertz CT molecular complexity index is 998. The minimum Gasteiger partial charge on any atom is -0.305 e. The van der Waals surface area contributed by atoms with Gasteiger partial charge in [0.25, 0.3) is 0 Å². The molecule has 1 aromatic heterocycles. The summed E-state index contributed by atoms with van der Waals surface area (Å²) in [5.74, 6) is 0.849. The van der Waals surface area contributed by atoms with Gasteiger partial charge in [0.15, 0.2) is 0 Å². The third kappa shape index (κ3) is 7.68. The second-order valence-corrected chi connectivity index (χ2v) is 9.72. The fourth-order valence-corrected chi connectivity index (χ4v) is 5.09. The lowest BCUT2D eigenvalue weighted by molar-refractivity contribution is 0.319. The molecule has 1 fully saturated rings. The molecule has 1 heterocycles. The Labute approximate surface area is 207 Å². The first-order valence-corrected chi connectivity index (χ1v) is 13.1. The third-order valence-electron chi connectivity index (χ3n) is 5.64. The molecule has 1 aliphatic rings. The lowest BCUT2D eigenvalue weighted by Gasteiger charge is -2.23. The van der Waals surface area contributed by atoms with Gasteiger partial charge in [-0.25, -0.2) is 9.71 Å². The van der Waals surface area contributed by atoms with E-state index in [0.29, 0.717) is 0 Å². The highest BCUT2D eigenvalue weighted by Crippen LogP contribution is 2.38. The molecule has 3 rings (SSSR count). The van der Waals surface area contributed by atoms with E-state index in [-0.39, 0.29) is 0 Å². The number of rotatable bonds is 13. The molecule has 1 aliphatic carbocycles. The first-order chi connectivity index (χ1) is 16.3. The van der Waals surface area contributed by atoms with E-state index < -0.39 is 0 Å². The van der Waals surface area contributed by atoms with E-state index >= 15 is 0 Å². The topological polar surface area (TPSA) is 34.2 Å². The van der Waals surface area contributed by atoms with Gasteiger partial charge in [-0.15, -0.1) is 11.3 Å². The number of allylic oxidation sites excluding steroid dienone is 8. The first-order valence-electron chi connectivity index (χ1n) is 11.6. The first kappa shape index (κ1) is 25.4. The number of benzene rings is 1. The van der Waals surface area contributed by atoms with Crippen molar-refractivity contribution in [1.29, 1.82) is 0 Å². The summed E-state index contributed by atoms with van der Waals surface area (Å²) in [7, 11) is 1.66. The Balaban J connectivity index is 1.88. The molecule has 1 N–H and O–H groups in total. The highest BCUT2D eigenvalue weighted by Gasteiger charge is 2.18. The molecule has 0 atom stereocenters. The minimum absolute atomic E-state index is 0.849. The molecule has 0 unspecified atom stereocenters. The van der Waals surface area contributed by atoms with E-state index in [2.05, 4.69) is 85.0 Å². The van der Waals surface area contributed by atoms with Crippen LogP contribution in [0.1, 0.15) is 49.7 Å². The molecule has 0 aliphatic heterocycles. The van der Waals surface area contributed by atoms with Gasteiger partial charge in [0.2, 0.25) is 0 Å². The zero-order valence-corrected chi connectivity index (χ0v) is 21.3. The lowest BCUT2D eigenvalue weighted by Crippen LogP contribution is -2.09. The van der Waals surface area contributed by atoms with E-state index in [1.54, 1.807) is 18.4 Å². The van der Waals surface area contributed by atoms with Gasteiger partial charge in [-0.1, -0.05) is 98.7 Å². The Morgan fingerprint density at radius 3 is 2.67 bits per heavy atom. The summed E-state index contributed by atoms with van der Waals surface area (Å²) in [5.41, 5.74) is 4.47. The summed E-state index contributed by atoms with van der Waals surface area (Å²) in [6.07, 6.45) is 21.1. The molecule has 3 nitrogen and oxygen atoms in total. The van der Waals surface area contributed by atoms with Gasteiger partial charge < -0.3 is 4.18 Å². The van der Waals surface area contributed by atoms with E-state index in [4.69, 9.17) is 9.17 Å². The van der Waals surface area contributed by atoms with Crippen molar-refractivity contribution in [2.24, 2.45) is 5.92 Å². The van der Waals surface area contributed by atoms with E-state index in [1.807, 2.05) is 6.08 Å². The second kappa shape index (κ2) is 14.2. The third-order valence-corrected chi connectivity index (χ3v) is 7.28. The van der Waals surface area contributed by atoms with Crippen molar-refractivity contribution in [3.8, 4) is 10.4 Å². The van der Waals surface area contributed by atoms with Crippen LogP contribution in [0.5, 0.6) is 0 Å². The van der Waals surface area contributed by atoms with Crippen molar-refractivity contribution >= 4 is 34.7 Å². The molecule has 0 saturated heterocycles. The SMILES string of the molecule is C=C/C=C(\C=C/CC1CCC1)c1nc(C(/C=C\CCNSOC)=C/C)sc1-c1ccccc1. The molecule has 0 amide bonds. The van der Waals surface area contributed by atoms with Crippen LogP contribution in [0.25, 0.3) is 21.6 Å². The average molecular weight is 479 g/mol. The van der Waals surface area contributed by atoms with Gasteiger partial charge >= 0.3 is 0 Å². The molecule has 174 valence electrons. The van der Waals surface area contributed by atoms with Crippen LogP contribution in [0.3, 0.4) is 0 Å². The molecular weight excluding hydrogens is 444 g/mol. The van der Waals surface area contributed by atoms with Crippen molar-refractivity contribution in [3.05, 3.63) is 90.1 Å². The fourth-order valence-electron chi connectivity index (χ4n) is 3.62. The highest BCUT2D eigenvalue weighted by atomic mass is 32.2. The molecular formula is C28H34N2OS2. The number of hydrogen-bond acceptors (Lipinski definition) is 5. The quantitative estimate of drug-likeness (QED) is 0.136. The lowest BCUT2D eigenvalue weighted by atomic mass is 9.83. The van der Waals surface area contributed by atoms with E-state index in [9.17, 15) is 0 Å². The average Bonchev–Trinajstić information content (AvgIpc) is 3.25. The van der Waals surface area contributed by atoms with Gasteiger partial charge in [-0.3, -0.25) is 0 Å². The standard InChI is InChI=1S/C28H34N2OS2/c1-4-13-24(20-12-16-22-14-11-15-22)26-27(25-18-7-6-8-19-25)32-28(30-26)23(5-2)17-9-10-21-29-33-31-3/h4-9,12-13,17-20,22,29H,1,10-11,14-16,21H2,2-3H3/b17-9-,20-12-,23-5+,24-13+. The molecule has 2 aromatic rings. The van der Waals surface area contributed by atoms with Crippen LogP contribution in [0.2, 0.25) is 0 Å². The van der Waals surface area contributed by atoms with Crippen molar-refractivity contribution < 1.29 is 4.18 Å². The fraction of sp³-hybridized carbons (Fsp3) is 0.321. The molecule has 1 aromatic carbocycles. The largest absolute Gasteiger partial charge is 0.305 e. The molecule has 0 bridgehead atoms. The van der Waals surface area contributed by atoms with Crippen molar-refractivity contribution in [2.45, 2.75) is 39.0 Å². The van der Waals surface area contributed by atoms with Gasteiger partial charge in [0, 0.05) is 17.7 Å². The van der Waals surface area contributed by atoms with E-state index in [1.165, 1.54) is 41.9 Å². The van der Waals surface area contributed by atoms with Gasteiger partial charge in [0.05, 0.1) is 29.9 Å². The maximum Gasteiger partial charge on any atom is 0.124 e. The summed E-state index contributed by atoms with van der Waals surface area (Å²) in [6.45, 7) is 6.87. The van der Waals surface area contributed by atoms with Gasteiger partial charge in [0.1, 0.15) is 5.01 Å². The Morgan fingerprint density at radius 1 is 1.21 bits per heavy atom. The van der Waals surface area contributed by atoms with Crippen LogP contribution in [0.15, 0.2) is 79.4 Å². The molecule has 0 spiro atoms. The van der Waals surface area contributed by atoms with Crippen molar-refractivity contribution in [3.63, 3.8) is 0 Å². The normalized spacial score (nSPS) is 15.5. The maximum absolute atomic E-state index is 5.13. The Morgan fingerprint density at radius 2 is 2.00 bits per heavy atom. The summed E-state index contributed by atoms with van der Waals surface area (Å²) >= 11 is 3.01. The summed E-state index contributed by atoms with van der Waals surface area (Å²) in [5, 5.41) is 1.03. The Kier molecular flexibility index (Phi) is 10.9. The number of nitrogens with one attached hydrogen (secondary N) is 1. The van der Waals surface area contributed by atoms with Crippen LogP contribution in [-0.4, -0.2) is 18.6 Å². The summed E-state index contributed by atoms with van der Waals surface area (Å²) in [4.78, 5) is 6.32. The predicted octanol–water partition coefficient (Wildman–Crippen LogP) is 8.27. The molecule has 1 saturated carbocycles. The molecule has 0 radical (unpaired) electrons. The smallest absolute Gasteiger partial charge is 0.124 e. The number of nitrogens with zero attached hydrogens (tertiary/aromatic N) is 1. The minimum atomic E-state index is 0.849. The molecule has 5 heteroatoms. The monoisotopic (exact) mass is 478 g/mol. The van der Waals surface area contributed by atoms with Gasteiger partial charge in [-0.2, -0.15) is 0 Å². The van der Waals surface area contributed by atoms with Crippen molar-refractivity contribution in [2.75, 3.05) is 13.7 Å². The maximum atomic E-state index is 5.13.